The quantitative estimate of drug-likeness (QED) is 0.876. The monoisotopic (exact) mass is 247 g/mol. The average molecular weight is 247 g/mol. The van der Waals surface area contributed by atoms with Crippen LogP contribution in [0.3, 0.4) is 0 Å². The number of hydrogen-bond donors (Lipinski definition) is 1. The van der Waals surface area contributed by atoms with Gasteiger partial charge in [-0.2, -0.15) is 0 Å². The van der Waals surface area contributed by atoms with Crippen LogP contribution >= 0.6 is 0 Å². The summed E-state index contributed by atoms with van der Waals surface area (Å²) in [6.45, 7) is 5.69. The van der Waals surface area contributed by atoms with Crippen molar-refractivity contribution < 1.29 is 5.11 Å². The second-order valence-corrected chi connectivity index (χ2v) is 5.71. The summed E-state index contributed by atoms with van der Waals surface area (Å²) >= 11 is 0. The maximum absolute atomic E-state index is 9.97. The molecule has 0 saturated heterocycles. The predicted octanol–water partition coefficient (Wildman–Crippen LogP) is 3.75. The van der Waals surface area contributed by atoms with Crippen LogP contribution < -0.4 is 0 Å². The number of aromatic hydroxyl groups is 1. The molecule has 18 heavy (non-hydrogen) atoms. The van der Waals surface area contributed by atoms with Crippen LogP contribution in [0.15, 0.2) is 18.2 Å². The number of rotatable bonds is 4. The van der Waals surface area contributed by atoms with Crippen LogP contribution in [0.1, 0.15) is 50.3 Å². The summed E-state index contributed by atoms with van der Waals surface area (Å²) in [6.07, 6.45) is 4.64. The minimum absolute atomic E-state index is 0.481. The molecule has 0 radical (unpaired) electrons. The van der Waals surface area contributed by atoms with Gasteiger partial charge in [-0.1, -0.05) is 32.4 Å². The minimum Gasteiger partial charge on any atom is -0.508 e. The van der Waals surface area contributed by atoms with Gasteiger partial charge < -0.3 is 5.11 Å². The molecule has 0 aromatic heterocycles. The number of hydrogen-bond acceptors (Lipinski definition) is 2. The smallest absolute Gasteiger partial charge is 0.119 e. The van der Waals surface area contributed by atoms with E-state index in [4.69, 9.17) is 0 Å². The number of benzene rings is 1. The SMILES string of the molecule is CCC(C)CN(C)C1CCCc2c(O)cccc21. The molecule has 0 fully saturated rings. The summed E-state index contributed by atoms with van der Waals surface area (Å²) in [7, 11) is 2.22. The van der Waals surface area contributed by atoms with Crippen LogP contribution in [0.2, 0.25) is 0 Å². The Morgan fingerprint density at radius 3 is 2.94 bits per heavy atom. The van der Waals surface area contributed by atoms with Gasteiger partial charge in [0.15, 0.2) is 0 Å². The predicted molar refractivity (Wildman–Crippen MR) is 75.9 cm³/mol. The Morgan fingerprint density at radius 2 is 2.22 bits per heavy atom. The fourth-order valence-electron chi connectivity index (χ4n) is 3.01. The van der Waals surface area contributed by atoms with Crippen LogP contribution in [-0.2, 0) is 6.42 Å². The summed E-state index contributed by atoms with van der Waals surface area (Å²) in [4.78, 5) is 2.46. The third-order valence-electron chi connectivity index (χ3n) is 4.28. The fourth-order valence-corrected chi connectivity index (χ4v) is 3.01. The van der Waals surface area contributed by atoms with E-state index in [1.165, 1.54) is 30.4 Å². The summed E-state index contributed by atoms with van der Waals surface area (Å²) < 4.78 is 0. The first-order chi connectivity index (χ1) is 8.63. The van der Waals surface area contributed by atoms with Gasteiger partial charge in [-0.15, -0.1) is 0 Å². The van der Waals surface area contributed by atoms with E-state index in [-0.39, 0.29) is 0 Å². The molecular weight excluding hydrogens is 222 g/mol. The van der Waals surface area contributed by atoms with Crippen LogP contribution in [0.5, 0.6) is 5.75 Å². The summed E-state index contributed by atoms with van der Waals surface area (Å²) in [5, 5.41) is 9.97. The van der Waals surface area contributed by atoms with Crippen LogP contribution in [0.4, 0.5) is 0 Å². The largest absolute Gasteiger partial charge is 0.508 e. The van der Waals surface area contributed by atoms with Crippen molar-refractivity contribution in [3.63, 3.8) is 0 Å². The van der Waals surface area contributed by atoms with Gasteiger partial charge in [-0.3, -0.25) is 4.90 Å². The molecule has 0 saturated carbocycles. The number of nitrogens with zero attached hydrogens (tertiary/aromatic N) is 1. The van der Waals surface area contributed by atoms with Crippen LogP contribution in [-0.4, -0.2) is 23.6 Å². The lowest BCUT2D eigenvalue weighted by atomic mass is 9.86. The first kappa shape index (κ1) is 13.4. The Bertz CT molecular complexity index is 402. The van der Waals surface area contributed by atoms with Gasteiger partial charge in [-0.25, -0.2) is 0 Å². The van der Waals surface area contributed by atoms with Gasteiger partial charge in [0.2, 0.25) is 0 Å². The average Bonchev–Trinajstić information content (AvgIpc) is 2.38. The van der Waals surface area contributed by atoms with Crippen molar-refractivity contribution >= 4 is 0 Å². The Balaban J connectivity index is 2.19. The third kappa shape index (κ3) is 2.69. The first-order valence-electron chi connectivity index (χ1n) is 7.14. The Hall–Kier alpha value is -1.02. The highest BCUT2D eigenvalue weighted by Crippen LogP contribution is 2.37. The topological polar surface area (TPSA) is 23.5 Å². The molecule has 1 N–H and O–H groups in total. The number of phenols is 1. The molecule has 2 nitrogen and oxygen atoms in total. The standard InChI is InChI=1S/C16H25NO/c1-4-12(2)11-17(3)15-9-5-8-14-13(15)7-6-10-16(14)18/h6-7,10,12,15,18H,4-5,8-9,11H2,1-3H3. The molecule has 1 aromatic rings. The lowest BCUT2D eigenvalue weighted by molar-refractivity contribution is 0.191. The van der Waals surface area contributed by atoms with E-state index in [1.807, 2.05) is 12.1 Å². The van der Waals surface area contributed by atoms with Crippen molar-refractivity contribution in [2.24, 2.45) is 5.92 Å². The van der Waals surface area contributed by atoms with Gasteiger partial charge in [0, 0.05) is 12.6 Å². The molecule has 100 valence electrons. The van der Waals surface area contributed by atoms with E-state index in [0.717, 1.165) is 18.9 Å². The van der Waals surface area contributed by atoms with E-state index >= 15 is 0 Å². The molecule has 0 bridgehead atoms. The summed E-state index contributed by atoms with van der Waals surface area (Å²) in [5.74, 6) is 1.21. The molecule has 1 aromatic carbocycles. The van der Waals surface area contributed by atoms with Gasteiger partial charge in [0.05, 0.1) is 0 Å². The number of phenolic OH excluding ortho intramolecular Hbond substituents is 1. The van der Waals surface area contributed by atoms with Crippen molar-refractivity contribution in [2.45, 2.75) is 45.6 Å². The second kappa shape index (κ2) is 5.75. The van der Waals surface area contributed by atoms with Crippen molar-refractivity contribution in [1.29, 1.82) is 0 Å². The lowest BCUT2D eigenvalue weighted by Gasteiger charge is -2.34. The van der Waals surface area contributed by atoms with Crippen molar-refractivity contribution in [1.82, 2.24) is 4.90 Å². The molecule has 1 aliphatic rings. The molecule has 2 unspecified atom stereocenters. The molecule has 0 amide bonds. The maximum atomic E-state index is 9.97. The molecule has 2 atom stereocenters. The highest BCUT2D eigenvalue weighted by atomic mass is 16.3. The van der Waals surface area contributed by atoms with Gasteiger partial charge in [-0.05, 0) is 49.4 Å². The molecule has 0 spiro atoms. The third-order valence-corrected chi connectivity index (χ3v) is 4.28. The summed E-state index contributed by atoms with van der Waals surface area (Å²) in [5.41, 5.74) is 2.51. The van der Waals surface area contributed by atoms with E-state index in [9.17, 15) is 5.11 Å². The zero-order valence-electron chi connectivity index (χ0n) is 11.8. The molecule has 2 rings (SSSR count). The Labute approximate surface area is 111 Å². The molecular formula is C16H25NO. The Morgan fingerprint density at radius 1 is 1.44 bits per heavy atom. The fraction of sp³-hybridized carbons (Fsp3) is 0.625. The molecule has 0 heterocycles. The molecule has 0 aliphatic heterocycles. The van der Waals surface area contributed by atoms with Crippen molar-refractivity contribution in [2.75, 3.05) is 13.6 Å². The molecule has 2 heteroatoms. The number of fused-ring (bicyclic) bond motifs is 1. The minimum atomic E-state index is 0.481. The van der Waals surface area contributed by atoms with E-state index < -0.39 is 0 Å². The highest BCUT2D eigenvalue weighted by Gasteiger charge is 2.25. The van der Waals surface area contributed by atoms with E-state index in [0.29, 0.717) is 11.8 Å². The van der Waals surface area contributed by atoms with Crippen molar-refractivity contribution in [3.05, 3.63) is 29.3 Å². The summed E-state index contributed by atoms with van der Waals surface area (Å²) in [6, 6.07) is 6.46. The normalized spacial score (nSPS) is 20.8. The molecule has 1 aliphatic carbocycles. The lowest BCUT2D eigenvalue weighted by Crippen LogP contribution is -2.31. The van der Waals surface area contributed by atoms with Crippen LogP contribution in [0, 0.1) is 5.92 Å². The van der Waals surface area contributed by atoms with Crippen LogP contribution in [0.25, 0.3) is 0 Å². The first-order valence-corrected chi connectivity index (χ1v) is 7.14. The highest BCUT2D eigenvalue weighted by molar-refractivity contribution is 5.42. The van der Waals surface area contributed by atoms with Gasteiger partial charge in [0.25, 0.3) is 0 Å². The second-order valence-electron chi connectivity index (χ2n) is 5.71. The van der Waals surface area contributed by atoms with Gasteiger partial charge >= 0.3 is 0 Å². The maximum Gasteiger partial charge on any atom is 0.119 e. The zero-order chi connectivity index (χ0) is 13.1. The zero-order valence-corrected chi connectivity index (χ0v) is 11.8. The Kier molecular flexibility index (Phi) is 4.28. The van der Waals surface area contributed by atoms with Crippen molar-refractivity contribution in [3.8, 4) is 5.75 Å². The van der Waals surface area contributed by atoms with E-state index in [2.05, 4.69) is 31.9 Å². The van der Waals surface area contributed by atoms with E-state index in [1.54, 1.807) is 0 Å². The van der Waals surface area contributed by atoms with Gasteiger partial charge in [0.1, 0.15) is 5.75 Å².